The summed E-state index contributed by atoms with van der Waals surface area (Å²) < 4.78 is 25.3. The maximum absolute atomic E-state index is 11.4. The molecule has 0 aliphatic carbocycles. The lowest BCUT2D eigenvalue weighted by atomic mass is 10.1. The maximum atomic E-state index is 11.4. The van der Waals surface area contributed by atoms with Crippen LogP contribution in [0, 0.1) is 11.3 Å². The largest absolute Gasteiger partial charge is 0.399 e. The van der Waals surface area contributed by atoms with Crippen LogP contribution < -0.4 is 15.8 Å². The number of rotatable bonds is 6. The summed E-state index contributed by atoms with van der Waals surface area (Å²) in [5, 5.41) is 11.8. The van der Waals surface area contributed by atoms with E-state index in [0.717, 1.165) is 17.4 Å². The standard InChI is InChI=1S/C19H18N6O2S/c1-28(26,27)25-17-11-15(21)10-16(12-17)23-19-22-9-7-18(24-19)14-4-2-13(3-5-14)6-8-20/h2-5,7,9-12,25H,6,21H2,1H3,(H,22,23,24). The molecule has 0 atom stereocenters. The molecule has 0 radical (unpaired) electrons. The van der Waals surface area contributed by atoms with Gasteiger partial charge in [-0.15, -0.1) is 0 Å². The Morgan fingerprint density at radius 1 is 1.11 bits per heavy atom. The van der Waals surface area contributed by atoms with Gasteiger partial charge >= 0.3 is 0 Å². The number of nitrogen functional groups attached to an aromatic ring is 1. The molecule has 9 heteroatoms. The number of sulfonamides is 1. The van der Waals surface area contributed by atoms with E-state index in [1.165, 1.54) is 6.07 Å². The van der Waals surface area contributed by atoms with Crippen molar-refractivity contribution in [1.29, 1.82) is 5.26 Å². The summed E-state index contributed by atoms with van der Waals surface area (Å²) in [5.41, 5.74) is 9.66. The maximum Gasteiger partial charge on any atom is 0.229 e. The summed E-state index contributed by atoms with van der Waals surface area (Å²) in [6, 6.07) is 16.2. The first-order valence-electron chi connectivity index (χ1n) is 8.27. The number of aromatic nitrogens is 2. The van der Waals surface area contributed by atoms with Crippen LogP contribution in [-0.4, -0.2) is 24.6 Å². The summed E-state index contributed by atoms with van der Waals surface area (Å²) in [7, 11) is -3.42. The number of benzene rings is 2. The van der Waals surface area contributed by atoms with Crippen LogP contribution in [0.3, 0.4) is 0 Å². The average molecular weight is 394 g/mol. The molecule has 3 aromatic rings. The highest BCUT2D eigenvalue weighted by Gasteiger charge is 2.07. The van der Waals surface area contributed by atoms with Gasteiger partial charge < -0.3 is 11.1 Å². The van der Waals surface area contributed by atoms with Gasteiger partial charge in [0, 0.05) is 23.1 Å². The van der Waals surface area contributed by atoms with Crippen LogP contribution in [0.15, 0.2) is 54.7 Å². The molecule has 2 aromatic carbocycles. The Kier molecular flexibility index (Phi) is 5.42. The lowest BCUT2D eigenvalue weighted by molar-refractivity contribution is 0.607. The molecule has 0 aliphatic rings. The second-order valence-corrected chi connectivity index (χ2v) is 7.89. The third-order valence-electron chi connectivity index (χ3n) is 3.70. The minimum Gasteiger partial charge on any atom is -0.399 e. The number of nitrogens with two attached hydrogens (primary N) is 1. The molecule has 0 saturated carbocycles. The van der Waals surface area contributed by atoms with Crippen molar-refractivity contribution in [2.45, 2.75) is 6.42 Å². The van der Waals surface area contributed by atoms with Crippen molar-refractivity contribution in [1.82, 2.24) is 9.97 Å². The van der Waals surface area contributed by atoms with Crippen LogP contribution in [0.25, 0.3) is 11.3 Å². The Bertz CT molecular complexity index is 1140. The van der Waals surface area contributed by atoms with Crippen LogP contribution in [-0.2, 0) is 16.4 Å². The minimum atomic E-state index is -3.42. The first-order chi connectivity index (χ1) is 13.3. The van der Waals surface area contributed by atoms with Crippen LogP contribution in [0.4, 0.5) is 23.0 Å². The molecule has 8 nitrogen and oxygen atoms in total. The fraction of sp³-hybridized carbons (Fsp3) is 0.105. The zero-order chi connectivity index (χ0) is 20.1. The van der Waals surface area contributed by atoms with Crippen molar-refractivity contribution >= 4 is 33.0 Å². The highest BCUT2D eigenvalue weighted by atomic mass is 32.2. The smallest absolute Gasteiger partial charge is 0.229 e. The van der Waals surface area contributed by atoms with Gasteiger partial charge in [-0.1, -0.05) is 24.3 Å². The van der Waals surface area contributed by atoms with E-state index in [1.807, 2.05) is 24.3 Å². The molecule has 0 saturated heterocycles. The molecule has 4 N–H and O–H groups in total. The topological polar surface area (TPSA) is 134 Å². The molecule has 0 unspecified atom stereocenters. The van der Waals surface area contributed by atoms with E-state index < -0.39 is 10.0 Å². The van der Waals surface area contributed by atoms with Crippen molar-refractivity contribution in [3.05, 3.63) is 60.3 Å². The normalized spacial score (nSPS) is 10.9. The number of nitrogens with zero attached hydrogens (tertiary/aromatic N) is 3. The summed E-state index contributed by atoms with van der Waals surface area (Å²) in [5.74, 6) is 0.342. The molecule has 0 spiro atoms. The molecule has 1 heterocycles. The Morgan fingerprint density at radius 2 is 1.82 bits per heavy atom. The number of nitriles is 1. The fourth-order valence-electron chi connectivity index (χ4n) is 2.59. The SMILES string of the molecule is CS(=O)(=O)Nc1cc(N)cc(Nc2nccc(-c3ccc(CC#N)cc3)n2)c1. The number of anilines is 4. The van der Waals surface area contributed by atoms with Gasteiger partial charge in [0.15, 0.2) is 0 Å². The number of hydrogen-bond donors (Lipinski definition) is 3. The van der Waals surface area contributed by atoms with Crippen molar-refractivity contribution in [2.75, 3.05) is 22.0 Å². The fourth-order valence-corrected chi connectivity index (χ4v) is 3.14. The molecule has 1 aromatic heterocycles. The molecule has 0 bridgehead atoms. The highest BCUT2D eigenvalue weighted by molar-refractivity contribution is 7.92. The zero-order valence-corrected chi connectivity index (χ0v) is 15.9. The van der Waals surface area contributed by atoms with Crippen molar-refractivity contribution < 1.29 is 8.42 Å². The van der Waals surface area contributed by atoms with Crippen LogP contribution in [0.1, 0.15) is 5.56 Å². The third-order valence-corrected chi connectivity index (χ3v) is 4.31. The first-order valence-corrected chi connectivity index (χ1v) is 10.2. The van der Waals surface area contributed by atoms with E-state index in [-0.39, 0.29) is 0 Å². The monoisotopic (exact) mass is 394 g/mol. The van der Waals surface area contributed by atoms with Gasteiger partial charge in [0.2, 0.25) is 16.0 Å². The van der Waals surface area contributed by atoms with Crippen LogP contribution in [0.5, 0.6) is 0 Å². The molecular formula is C19H18N6O2S. The van der Waals surface area contributed by atoms with Crippen LogP contribution in [0.2, 0.25) is 0 Å². The summed E-state index contributed by atoms with van der Waals surface area (Å²) >= 11 is 0. The average Bonchev–Trinajstić information content (AvgIpc) is 2.61. The molecule has 28 heavy (non-hydrogen) atoms. The highest BCUT2D eigenvalue weighted by Crippen LogP contribution is 2.24. The van der Waals surface area contributed by atoms with Gasteiger partial charge in [-0.3, -0.25) is 4.72 Å². The molecule has 142 valence electrons. The molecule has 0 fully saturated rings. The van der Waals surface area contributed by atoms with Gasteiger partial charge in [-0.25, -0.2) is 18.4 Å². The first kappa shape index (κ1) is 19.1. The molecule has 3 rings (SSSR count). The van der Waals surface area contributed by atoms with E-state index in [2.05, 4.69) is 26.1 Å². The van der Waals surface area contributed by atoms with Crippen molar-refractivity contribution in [2.24, 2.45) is 0 Å². The summed E-state index contributed by atoms with van der Waals surface area (Å²) in [6.07, 6.45) is 3.05. The van der Waals surface area contributed by atoms with E-state index in [9.17, 15) is 8.42 Å². The Labute approximate surface area is 163 Å². The lowest BCUT2D eigenvalue weighted by Crippen LogP contribution is -2.10. The predicted molar refractivity (Wildman–Crippen MR) is 109 cm³/mol. The van der Waals surface area contributed by atoms with Crippen molar-refractivity contribution in [3.63, 3.8) is 0 Å². The number of hydrogen-bond acceptors (Lipinski definition) is 7. The zero-order valence-electron chi connectivity index (χ0n) is 15.0. The molecular weight excluding hydrogens is 376 g/mol. The van der Waals surface area contributed by atoms with E-state index >= 15 is 0 Å². The van der Waals surface area contributed by atoms with E-state index in [1.54, 1.807) is 24.4 Å². The number of nitrogens with one attached hydrogen (secondary N) is 2. The van der Waals surface area contributed by atoms with Crippen molar-refractivity contribution in [3.8, 4) is 17.3 Å². The van der Waals surface area contributed by atoms with Crippen LogP contribution >= 0.6 is 0 Å². The third kappa shape index (κ3) is 5.18. The van der Waals surface area contributed by atoms with E-state index in [4.69, 9.17) is 11.0 Å². The van der Waals surface area contributed by atoms with E-state index in [0.29, 0.717) is 35.1 Å². The quantitative estimate of drug-likeness (QED) is 0.547. The Balaban J connectivity index is 1.84. The van der Waals surface area contributed by atoms with Gasteiger partial charge in [0.05, 0.1) is 30.1 Å². The molecule has 0 amide bonds. The van der Waals surface area contributed by atoms with Gasteiger partial charge in [0.25, 0.3) is 0 Å². The summed E-state index contributed by atoms with van der Waals surface area (Å²) in [6.45, 7) is 0. The second kappa shape index (κ2) is 7.94. The predicted octanol–water partition coefficient (Wildman–Crippen LogP) is 2.91. The lowest BCUT2D eigenvalue weighted by Gasteiger charge is -2.10. The minimum absolute atomic E-state index is 0.342. The van der Waals surface area contributed by atoms with Gasteiger partial charge in [0.1, 0.15) is 0 Å². The second-order valence-electron chi connectivity index (χ2n) is 6.14. The molecule has 0 aliphatic heterocycles. The summed E-state index contributed by atoms with van der Waals surface area (Å²) in [4.78, 5) is 8.68. The van der Waals surface area contributed by atoms with Gasteiger partial charge in [-0.05, 0) is 29.8 Å². The van der Waals surface area contributed by atoms with Gasteiger partial charge in [-0.2, -0.15) is 5.26 Å². The Hall–Kier alpha value is -3.64. The Morgan fingerprint density at radius 3 is 2.50 bits per heavy atom.